The highest BCUT2D eigenvalue weighted by Crippen LogP contribution is 2.14. The highest BCUT2D eigenvalue weighted by Gasteiger charge is 2.30. The number of rotatable bonds is 3. The fourth-order valence-corrected chi connectivity index (χ4v) is 1.81. The SMILES string of the molecule is C[C@H]1OC(=O)N[C@H]1Cc1ccc(C(=O)O)cc1. The molecule has 0 spiro atoms. The maximum absolute atomic E-state index is 11.0. The van der Waals surface area contributed by atoms with Crippen molar-refractivity contribution in [3.8, 4) is 0 Å². The van der Waals surface area contributed by atoms with E-state index < -0.39 is 12.1 Å². The predicted molar refractivity (Wildman–Crippen MR) is 60.0 cm³/mol. The van der Waals surface area contributed by atoms with Gasteiger partial charge in [-0.1, -0.05) is 12.1 Å². The predicted octanol–water partition coefficient (Wildman–Crippen LogP) is 1.42. The first-order valence-electron chi connectivity index (χ1n) is 5.35. The second kappa shape index (κ2) is 4.45. The number of cyclic esters (lactones) is 1. The van der Waals surface area contributed by atoms with Crippen molar-refractivity contribution in [2.45, 2.75) is 25.5 Å². The Bertz CT molecular complexity index is 440. The van der Waals surface area contributed by atoms with E-state index in [1.54, 1.807) is 24.3 Å². The van der Waals surface area contributed by atoms with Gasteiger partial charge in [0.2, 0.25) is 0 Å². The maximum Gasteiger partial charge on any atom is 0.407 e. The summed E-state index contributed by atoms with van der Waals surface area (Å²) >= 11 is 0. The lowest BCUT2D eigenvalue weighted by Crippen LogP contribution is -2.32. The van der Waals surface area contributed by atoms with E-state index in [-0.39, 0.29) is 17.7 Å². The number of ether oxygens (including phenoxy) is 1. The monoisotopic (exact) mass is 235 g/mol. The van der Waals surface area contributed by atoms with E-state index in [1.165, 1.54) is 0 Å². The normalized spacial score (nSPS) is 23.0. The third kappa shape index (κ3) is 2.55. The van der Waals surface area contributed by atoms with Crippen LogP contribution in [-0.2, 0) is 11.2 Å². The van der Waals surface area contributed by atoms with Crippen molar-refractivity contribution < 1.29 is 19.4 Å². The zero-order valence-electron chi connectivity index (χ0n) is 9.34. The molecule has 0 aromatic heterocycles. The van der Waals surface area contributed by atoms with Crippen LogP contribution in [0.15, 0.2) is 24.3 Å². The van der Waals surface area contributed by atoms with Gasteiger partial charge in [-0.25, -0.2) is 9.59 Å². The van der Waals surface area contributed by atoms with Gasteiger partial charge in [0.05, 0.1) is 11.6 Å². The van der Waals surface area contributed by atoms with Gasteiger partial charge in [-0.15, -0.1) is 0 Å². The van der Waals surface area contributed by atoms with Crippen LogP contribution in [0, 0.1) is 0 Å². The molecule has 2 atom stereocenters. The highest BCUT2D eigenvalue weighted by atomic mass is 16.6. The number of carbonyl (C=O) groups is 2. The average molecular weight is 235 g/mol. The zero-order valence-corrected chi connectivity index (χ0v) is 9.34. The van der Waals surface area contributed by atoms with Gasteiger partial charge in [0.1, 0.15) is 6.10 Å². The summed E-state index contributed by atoms with van der Waals surface area (Å²) in [7, 11) is 0. The van der Waals surface area contributed by atoms with E-state index in [1.807, 2.05) is 6.92 Å². The summed E-state index contributed by atoms with van der Waals surface area (Å²) in [5.41, 5.74) is 1.23. The molecule has 1 heterocycles. The summed E-state index contributed by atoms with van der Waals surface area (Å²) in [6.45, 7) is 1.83. The molecule has 90 valence electrons. The highest BCUT2D eigenvalue weighted by molar-refractivity contribution is 5.87. The molecular formula is C12H13NO4. The molecule has 1 aromatic rings. The summed E-state index contributed by atoms with van der Waals surface area (Å²) in [6, 6.07) is 6.56. The second-order valence-corrected chi connectivity index (χ2v) is 4.07. The van der Waals surface area contributed by atoms with Crippen LogP contribution in [-0.4, -0.2) is 29.3 Å². The Morgan fingerprint density at radius 2 is 2.06 bits per heavy atom. The number of benzene rings is 1. The molecule has 0 bridgehead atoms. The molecule has 0 unspecified atom stereocenters. The van der Waals surface area contributed by atoms with Gasteiger partial charge in [0, 0.05) is 0 Å². The Hall–Kier alpha value is -2.04. The topological polar surface area (TPSA) is 75.6 Å². The van der Waals surface area contributed by atoms with E-state index >= 15 is 0 Å². The minimum Gasteiger partial charge on any atom is -0.478 e. The van der Waals surface area contributed by atoms with Gasteiger partial charge >= 0.3 is 12.1 Å². The Morgan fingerprint density at radius 1 is 1.41 bits per heavy atom. The summed E-state index contributed by atoms with van der Waals surface area (Å²) in [6.07, 6.45) is 0.0681. The van der Waals surface area contributed by atoms with Crippen molar-refractivity contribution in [1.29, 1.82) is 0 Å². The molecule has 0 saturated carbocycles. The number of carboxylic acids is 1. The van der Waals surface area contributed by atoms with Crippen molar-refractivity contribution >= 4 is 12.1 Å². The van der Waals surface area contributed by atoms with Crippen molar-refractivity contribution in [2.24, 2.45) is 0 Å². The smallest absolute Gasteiger partial charge is 0.407 e. The molecule has 1 amide bonds. The van der Waals surface area contributed by atoms with Crippen molar-refractivity contribution in [2.75, 3.05) is 0 Å². The summed E-state index contributed by atoms with van der Waals surface area (Å²) < 4.78 is 4.96. The second-order valence-electron chi connectivity index (χ2n) is 4.07. The lowest BCUT2D eigenvalue weighted by Gasteiger charge is -2.12. The van der Waals surface area contributed by atoms with E-state index in [2.05, 4.69) is 5.32 Å². The fraction of sp³-hybridized carbons (Fsp3) is 0.333. The molecule has 1 aliphatic heterocycles. The maximum atomic E-state index is 11.0. The van der Waals surface area contributed by atoms with Gasteiger partial charge in [-0.05, 0) is 31.0 Å². The molecular weight excluding hydrogens is 222 g/mol. The number of aromatic carboxylic acids is 1. The summed E-state index contributed by atoms with van der Waals surface area (Å²) in [5, 5.41) is 11.5. The summed E-state index contributed by atoms with van der Waals surface area (Å²) in [5.74, 6) is -0.942. The van der Waals surface area contributed by atoms with Gasteiger partial charge < -0.3 is 15.2 Å². The molecule has 17 heavy (non-hydrogen) atoms. The molecule has 1 aromatic carbocycles. The number of amides is 1. The number of alkyl carbamates (subject to hydrolysis) is 1. The summed E-state index contributed by atoms with van der Waals surface area (Å²) in [4.78, 5) is 21.7. The molecule has 2 N–H and O–H groups in total. The van der Waals surface area contributed by atoms with Gasteiger partial charge in [0.15, 0.2) is 0 Å². The lowest BCUT2D eigenvalue weighted by atomic mass is 10.0. The van der Waals surface area contributed by atoms with Crippen LogP contribution in [0.25, 0.3) is 0 Å². The Balaban J connectivity index is 2.04. The Kier molecular flexibility index (Phi) is 2.99. The standard InChI is InChI=1S/C12H13NO4/c1-7-10(13-12(16)17-7)6-8-2-4-9(5-3-8)11(14)15/h2-5,7,10H,6H2,1H3,(H,13,16)(H,14,15)/t7-,10+/m1/s1. The first-order chi connectivity index (χ1) is 8.06. The van der Waals surface area contributed by atoms with E-state index in [0.29, 0.717) is 6.42 Å². The van der Waals surface area contributed by atoms with Crippen LogP contribution < -0.4 is 5.32 Å². The van der Waals surface area contributed by atoms with Gasteiger partial charge in [0.25, 0.3) is 0 Å². The minimum absolute atomic E-state index is 0.0572. The van der Waals surface area contributed by atoms with Crippen LogP contribution in [0.1, 0.15) is 22.8 Å². The van der Waals surface area contributed by atoms with E-state index in [0.717, 1.165) is 5.56 Å². The van der Waals surface area contributed by atoms with E-state index in [4.69, 9.17) is 9.84 Å². The molecule has 5 nitrogen and oxygen atoms in total. The van der Waals surface area contributed by atoms with E-state index in [9.17, 15) is 9.59 Å². The number of nitrogens with one attached hydrogen (secondary N) is 1. The lowest BCUT2D eigenvalue weighted by molar-refractivity contribution is 0.0696. The number of hydrogen-bond acceptors (Lipinski definition) is 3. The van der Waals surface area contributed by atoms with Crippen LogP contribution in [0.3, 0.4) is 0 Å². The Morgan fingerprint density at radius 3 is 2.53 bits per heavy atom. The minimum atomic E-state index is -0.942. The molecule has 0 aliphatic carbocycles. The quantitative estimate of drug-likeness (QED) is 0.830. The third-order valence-corrected chi connectivity index (χ3v) is 2.82. The average Bonchev–Trinajstić information content (AvgIpc) is 2.58. The molecule has 1 aliphatic rings. The molecule has 0 radical (unpaired) electrons. The third-order valence-electron chi connectivity index (χ3n) is 2.82. The molecule has 5 heteroatoms. The fourth-order valence-electron chi connectivity index (χ4n) is 1.81. The van der Waals surface area contributed by atoms with Crippen molar-refractivity contribution in [1.82, 2.24) is 5.32 Å². The zero-order chi connectivity index (χ0) is 12.4. The largest absolute Gasteiger partial charge is 0.478 e. The molecule has 2 rings (SSSR count). The van der Waals surface area contributed by atoms with Crippen LogP contribution in [0.4, 0.5) is 4.79 Å². The molecule has 1 saturated heterocycles. The molecule has 1 fully saturated rings. The van der Waals surface area contributed by atoms with Crippen LogP contribution >= 0.6 is 0 Å². The number of hydrogen-bond donors (Lipinski definition) is 2. The van der Waals surface area contributed by atoms with Gasteiger partial charge in [-0.3, -0.25) is 0 Å². The van der Waals surface area contributed by atoms with Crippen LogP contribution in [0.5, 0.6) is 0 Å². The first-order valence-corrected chi connectivity index (χ1v) is 5.35. The number of carbonyl (C=O) groups excluding carboxylic acids is 1. The number of carboxylic acid groups (broad SMARTS) is 1. The van der Waals surface area contributed by atoms with Gasteiger partial charge in [-0.2, -0.15) is 0 Å². The van der Waals surface area contributed by atoms with Crippen molar-refractivity contribution in [3.63, 3.8) is 0 Å². The van der Waals surface area contributed by atoms with Crippen LogP contribution in [0.2, 0.25) is 0 Å². The first kappa shape index (κ1) is 11.4. The van der Waals surface area contributed by atoms with Crippen molar-refractivity contribution in [3.05, 3.63) is 35.4 Å². The Labute approximate surface area is 98.4 Å².